The molecule has 100 valence electrons. The number of likely N-dealkylation sites (N-methyl/N-ethyl adjacent to an activating group) is 1. The first-order valence-electron chi connectivity index (χ1n) is 5.22. The summed E-state index contributed by atoms with van der Waals surface area (Å²) in [6.07, 6.45) is 1.60. The summed E-state index contributed by atoms with van der Waals surface area (Å²) in [5.41, 5.74) is 0.500. The lowest BCUT2D eigenvalue weighted by Gasteiger charge is -2.07. The number of benzene rings is 1. The van der Waals surface area contributed by atoms with Crippen molar-refractivity contribution in [3.05, 3.63) is 27.1 Å². The maximum Gasteiger partial charge on any atom is 0.265 e. The number of phenols is 1. The number of ether oxygens (including phenoxy) is 1. The van der Waals surface area contributed by atoms with E-state index in [1.165, 1.54) is 23.8 Å². The molecule has 1 amide bonds. The van der Waals surface area contributed by atoms with Gasteiger partial charge in [-0.2, -0.15) is 0 Å². The quantitative estimate of drug-likeness (QED) is 0.649. The summed E-state index contributed by atoms with van der Waals surface area (Å²) in [6, 6.07) is 3.36. The third-order valence-corrected chi connectivity index (χ3v) is 4.50. The number of nitrogens with zero attached hydrogens (tertiary/aromatic N) is 1. The molecule has 1 aliphatic heterocycles. The predicted molar refractivity (Wildman–Crippen MR) is 83.3 cm³/mol. The van der Waals surface area contributed by atoms with E-state index in [1.807, 2.05) is 0 Å². The van der Waals surface area contributed by atoms with Crippen LogP contribution in [-0.4, -0.2) is 34.4 Å². The molecule has 1 aromatic rings. The average molecular weight is 360 g/mol. The molecule has 1 aliphatic rings. The number of hydrogen-bond donors (Lipinski definition) is 1. The van der Waals surface area contributed by atoms with Crippen LogP contribution in [0.3, 0.4) is 0 Å². The maximum atomic E-state index is 11.9. The Bertz CT molecular complexity index is 601. The molecule has 0 spiro atoms. The number of carbonyl (C=O) groups is 1. The fraction of sp³-hybridized carbons (Fsp3) is 0.167. The first-order valence-corrected chi connectivity index (χ1v) is 7.24. The molecule has 0 aliphatic carbocycles. The van der Waals surface area contributed by atoms with E-state index >= 15 is 0 Å². The monoisotopic (exact) mass is 359 g/mol. The predicted octanol–water partition coefficient (Wildman–Crippen LogP) is 2.99. The lowest BCUT2D eigenvalue weighted by molar-refractivity contribution is -0.121. The van der Waals surface area contributed by atoms with E-state index in [0.717, 1.165) is 4.47 Å². The Labute approximate surface area is 128 Å². The zero-order valence-electron chi connectivity index (χ0n) is 10.1. The van der Waals surface area contributed by atoms with Crippen molar-refractivity contribution in [2.45, 2.75) is 0 Å². The van der Waals surface area contributed by atoms with Crippen molar-refractivity contribution in [2.75, 3.05) is 14.2 Å². The Morgan fingerprint density at radius 1 is 1.53 bits per heavy atom. The third-order valence-electron chi connectivity index (χ3n) is 2.56. The summed E-state index contributed by atoms with van der Waals surface area (Å²) in [5.74, 6) is 0.160. The minimum Gasteiger partial charge on any atom is -0.504 e. The number of thiocarbonyl (C=S) groups is 1. The Morgan fingerprint density at radius 2 is 2.21 bits per heavy atom. The van der Waals surface area contributed by atoms with Gasteiger partial charge in [0.2, 0.25) is 0 Å². The van der Waals surface area contributed by atoms with Crippen LogP contribution in [0, 0.1) is 0 Å². The third kappa shape index (κ3) is 2.77. The number of thioether (sulfide) groups is 1. The molecule has 1 heterocycles. The number of amides is 1. The molecule has 1 saturated heterocycles. The van der Waals surface area contributed by atoms with E-state index in [2.05, 4.69) is 15.9 Å². The van der Waals surface area contributed by atoms with Crippen LogP contribution in [-0.2, 0) is 4.79 Å². The van der Waals surface area contributed by atoms with E-state index < -0.39 is 0 Å². The zero-order chi connectivity index (χ0) is 14.2. The minimum atomic E-state index is -0.173. The van der Waals surface area contributed by atoms with Crippen LogP contribution in [0.15, 0.2) is 21.5 Å². The highest BCUT2D eigenvalue weighted by Gasteiger charge is 2.29. The van der Waals surface area contributed by atoms with Crippen LogP contribution < -0.4 is 4.74 Å². The SMILES string of the molecule is COc1cc(Br)cc(/C=C2/SC(=S)N(C)C2=O)c1O. The molecule has 0 radical (unpaired) electrons. The summed E-state index contributed by atoms with van der Waals surface area (Å²) < 4.78 is 6.31. The van der Waals surface area contributed by atoms with Crippen molar-refractivity contribution in [2.24, 2.45) is 0 Å². The molecular weight excluding hydrogens is 350 g/mol. The van der Waals surface area contributed by atoms with Gasteiger partial charge in [-0.15, -0.1) is 0 Å². The van der Waals surface area contributed by atoms with Crippen LogP contribution in [0.2, 0.25) is 0 Å². The van der Waals surface area contributed by atoms with Crippen LogP contribution >= 0.6 is 39.9 Å². The lowest BCUT2D eigenvalue weighted by Crippen LogP contribution is -2.22. The normalized spacial score (nSPS) is 17.4. The molecule has 2 rings (SSSR count). The van der Waals surface area contributed by atoms with Crippen molar-refractivity contribution in [3.8, 4) is 11.5 Å². The highest BCUT2D eigenvalue weighted by molar-refractivity contribution is 9.10. The standard InChI is InChI=1S/C12H10BrNO3S2/c1-14-11(16)9(19-12(14)18)4-6-3-7(13)5-8(17-2)10(6)15/h3-5,15H,1-2H3/b9-4+. The molecule has 1 aromatic carbocycles. The number of carbonyl (C=O) groups excluding carboxylic acids is 1. The number of rotatable bonds is 2. The van der Waals surface area contributed by atoms with Gasteiger partial charge in [-0.05, 0) is 18.2 Å². The molecule has 1 N–H and O–H groups in total. The van der Waals surface area contributed by atoms with Gasteiger partial charge in [0, 0.05) is 17.1 Å². The smallest absolute Gasteiger partial charge is 0.265 e. The summed E-state index contributed by atoms with van der Waals surface area (Å²) >= 11 is 9.58. The van der Waals surface area contributed by atoms with Crippen molar-refractivity contribution >= 4 is 56.2 Å². The van der Waals surface area contributed by atoms with Crippen molar-refractivity contribution in [1.29, 1.82) is 0 Å². The molecule has 19 heavy (non-hydrogen) atoms. The van der Waals surface area contributed by atoms with E-state index in [0.29, 0.717) is 20.5 Å². The van der Waals surface area contributed by atoms with Crippen molar-refractivity contribution in [3.63, 3.8) is 0 Å². The van der Waals surface area contributed by atoms with Crippen molar-refractivity contribution in [1.82, 2.24) is 4.90 Å². The Hall–Kier alpha value is -1.05. The minimum absolute atomic E-state index is 0.00734. The fourth-order valence-electron chi connectivity index (χ4n) is 1.55. The average Bonchev–Trinajstić information content (AvgIpc) is 2.61. The van der Waals surface area contributed by atoms with Gasteiger partial charge in [0.15, 0.2) is 11.5 Å². The van der Waals surface area contributed by atoms with Gasteiger partial charge in [-0.1, -0.05) is 39.9 Å². The second-order valence-electron chi connectivity index (χ2n) is 3.79. The molecule has 4 nitrogen and oxygen atoms in total. The highest BCUT2D eigenvalue weighted by atomic mass is 79.9. The Balaban J connectivity index is 2.47. The largest absolute Gasteiger partial charge is 0.504 e. The Morgan fingerprint density at radius 3 is 2.74 bits per heavy atom. The molecule has 0 atom stereocenters. The second kappa shape index (κ2) is 5.52. The van der Waals surface area contributed by atoms with Gasteiger partial charge in [0.1, 0.15) is 4.32 Å². The number of halogens is 1. The van der Waals surface area contributed by atoms with Crippen LogP contribution in [0.5, 0.6) is 11.5 Å². The first kappa shape index (κ1) is 14.4. The maximum absolute atomic E-state index is 11.9. The van der Waals surface area contributed by atoms with Gasteiger partial charge in [0.25, 0.3) is 5.91 Å². The van der Waals surface area contributed by atoms with E-state index in [-0.39, 0.29) is 11.7 Å². The molecule has 0 saturated carbocycles. The second-order valence-corrected chi connectivity index (χ2v) is 6.38. The molecule has 0 unspecified atom stereocenters. The van der Waals surface area contributed by atoms with Gasteiger partial charge in [-0.25, -0.2) is 0 Å². The molecular formula is C12H10BrNO3S2. The highest BCUT2D eigenvalue weighted by Crippen LogP contribution is 2.38. The number of methoxy groups -OCH3 is 1. The van der Waals surface area contributed by atoms with E-state index in [9.17, 15) is 9.90 Å². The van der Waals surface area contributed by atoms with Gasteiger partial charge in [-0.3, -0.25) is 9.69 Å². The molecule has 7 heteroatoms. The first-order chi connectivity index (χ1) is 8.93. The molecule has 1 fully saturated rings. The zero-order valence-corrected chi connectivity index (χ0v) is 13.4. The van der Waals surface area contributed by atoms with E-state index in [1.54, 1.807) is 25.3 Å². The summed E-state index contributed by atoms with van der Waals surface area (Å²) in [7, 11) is 3.09. The van der Waals surface area contributed by atoms with Gasteiger partial charge >= 0.3 is 0 Å². The van der Waals surface area contributed by atoms with Crippen LogP contribution in [0.25, 0.3) is 6.08 Å². The lowest BCUT2D eigenvalue weighted by atomic mass is 10.1. The van der Waals surface area contributed by atoms with Gasteiger partial charge < -0.3 is 9.84 Å². The topological polar surface area (TPSA) is 49.8 Å². The number of phenolic OH excluding ortho intramolecular Hbond substituents is 1. The Kier molecular flexibility index (Phi) is 4.17. The number of aromatic hydroxyl groups is 1. The fourth-order valence-corrected chi connectivity index (χ4v) is 3.17. The summed E-state index contributed by atoms with van der Waals surface area (Å²) in [5, 5.41) is 10.0. The van der Waals surface area contributed by atoms with Crippen LogP contribution in [0.4, 0.5) is 0 Å². The van der Waals surface area contributed by atoms with E-state index in [4.69, 9.17) is 17.0 Å². The summed E-state index contributed by atoms with van der Waals surface area (Å²) in [6.45, 7) is 0. The molecule has 0 bridgehead atoms. The molecule has 0 aromatic heterocycles. The van der Waals surface area contributed by atoms with Crippen molar-refractivity contribution < 1.29 is 14.6 Å². The summed E-state index contributed by atoms with van der Waals surface area (Å²) in [4.78, 5) is 13.8. The van der Waals surface area contributed by atoms with Crippen LogP contribution in [0.1, 0.15) is 5.56 Å². The number of hydrogen-bond acceptors (Lipinski definition) is 5. The van der Waals surface area contributed by atoms with Gasteiger partial charge in [0.05, 0.1) is 12.0 Å².